The number of rotatable bonds is 3. The van der Waals surface area contributed by atoms with Crippen LogP contribution in [-0.4, -0.2) is 48.4 Å². The Labute approximate surface area is 109 Å². The van der Waals surface area contributed by atoms with Gasteiger partial charge >= 0.3 is 0 Å². The minimum atomic E-state index is 0.144. The Balaban J connectivity index is 1.90. The summed E-state index contributed by atoms with van der Waals surface area (Å²) in [6, 6.07) is 9.50. The van der Waals surface area contributed by atoms with Gasteiger partial charge in [-0.15, -0.1) is 0 Å². The Morgan fingerprint density at radius 2 is 1.78 bits per heavy atom. The lowest BCUT2D eigenvalue weighted by atomic mass is 10.2. The Bertz CT molecular complexity index is 419. The highest BCUT2D eigenvalue weighted by atomic mass is 16.2. The number of hydrogen-bond donors (Lipinski definition) is 0. The third-order valence-electron chi connectivity index (χ3n) is 3.17. The van der Waals surface area contributed by atoms with Crippen molar-refractivity contribution in [2.45, 2.75) is 6.92 Å². The van der Waals surface area contributed by atoms with Crippen LogP contribution in [0, 0.1) is 0 Å². The largest absolute Gasteiger partial charge is 0.336 e. The molecule has 96 valence electrons. The number of piperazine rings is 1. The van der Waals surface area contributed by atoms with E-state index >= 15 is 0 Å². The van der Waals surface area contributed by atoms with E-state index in [0.717, 1.165) is 38.3 Å². The van der Waals surface area contributed by atoms with Crippen molar-refractivity contribution in [1.29, 1.82) is 0 Å². The lowest BCUT2D eigenvalue weighted by Gasteiger charge is -2.34. The quantitative estimate of drug-likeness (QED) is 0.759. The Kier molecular flexibility index (Phi) is 4.15. The summed E-state index contributed by atoms with van der Waals surface area (Å²) in [7, 11) is 0. The van der Waals surface area contributed by atoms with Crippen LogP contribution in [0.3, 0.4) is 0 Å². The fraction of sp³-hybridized carbons (Fsp3) is 0.400. The molecule has 0 unspecified atom stereocenters. The summed E-state index contributed by atoms with van der Waals surface area (Å²) in [5.41, 5.74) is 1.96. The molecule has 1 saturated heterocycles. The van der Waals surface area contributed by atoms with Gasteiger partial charge in [-0.25, -0.2) is 0 Å². The van der Waals surface area contributed by atoms with Crippen LogP contribution in [0.1, 0.15) is 17.3 Å². The normalized spacial score (nSPS) is 16.6. The molecule has 0 spiro atoms. The Hall–Kier alpha value is -1.61. The first-order valence-electron chi connectivity index (χ1n) is 6.38. The van der Waals surface area contributed by atoms with Gasteiger partial charge in [0.2, 0.25) is 0 Å². The molecular formula is C15H20N2O. The maximum absolute atomic E-state index is 12.2. The molecule has 0 saturated carbocycles. The van der Waals surface area contributed by atoms with Gasteiger partial charge in [0.15, 0.2) is 0 Å². The zero-order valence-electron chi connectivity index (χ0n) is 10.9. The lowest BCUT2D eigenvalue weighted by molar-refractivity contribution is 0.0648. The second kappa shape index (κ2) is 5.83. The SMILES string of the molecule is C=C(C)CN1CCN(C(=O)c2ccccc2)CC1. The van der Waals surface area contributed by atoms with Crippen LogP contribution in [0.5, 0.6) is 0 Å². The molecule has 1 amide bonds. The monoisotopic (exact) mass is 244 g/mol. The van der Waals surface area contributed by atoms with Gasteiger partial charge in [-0.1, -0.05) is 30.4 Å². The van der Waals surface area contributed by atoms with Crippen LogP contribution in [0.15, 0.2) is 42.5 Å². The molecule has 1 aliphatic rings. The van der Waals surface area contributed by atoms with Crippen molar-refractivity contribution >= 4 is 5.91 Å². The summed E-state index contributed by atoms with van der Waals surface area (Å²) in [5.74, 6) is 0.144. The molecular weight excluding hydrogens is 224 g/mol. The van der Waals surface area contributed by atoms with Crippen LogP contribution in [0.2, 0.25) is 0 Å². The number of benzene rings is 1. The molecule has 1 aromatic carbocycles. The molecule has 1 fully saturated rings. The molecule has 0 aromatic heterocycles. The number of carbonyl (C=O) groups is 1. The molecule has 0 atom stereocenters. The van der Waals surface area contributed by atoms with Crippen molar-refractivity contribution in [3.8, 4) is 0 Å². The van der Waals surface area contributed by atoms with E-state index in [2.05, 4.69) is 11.5 Å². The molecule has 3 nitrogen and oxygen atoms in total. The second-order valence-electron chi connectivity index (χ2n) is 4.89. The maximum Gasteiger partial charge on any atom is 0.253 e. The van der Waals surface area contributed by atoms with Crippen molar-refractivity contribution in [2.75, 3.05) is 32.7 Å². The fourth-order valence-electron chi connectivity index (χ4n) is 2.25. The van der Waals surface area contributed by atoms with Crippen molar-refractivity contribution in [2.24, 2.45) is 0 Å². The number of nitrogens with zero attached hydrogens (tertiary/aromatic N) is 2. The molecule has 1 aliphatic heterocycles. The third kappa shape index (κ3) is 3.20. The van der Waals surface area contributed by atoms with Gasteiger partial charge in [-0.2, -0.15) is 0 Å². The summed E-state index contributed by atoms with van der Waals surface area (Å²) in [5, 5.41) is 0. The summed E-state index contributed by atoms with van der Waals surface area (Å²) >= 11 is 0. The van der Waals surface area contributed by atoms with Gasteiger partial charge in [0.1, 0.15) is 0 Å². The third-order valence-corrected chi connectivity index (χ3v) is 3.17. The first kappa shape index (κ1) is 12.8. The van der Waals surface area contributed by atoms with Gasteiger partial charge in [-0.05, 0) is 19.1 Å². The lowest BCUT2D eigenvalue weighted by Crippen LogP contribution is -2.48. The predicted octanol–water partition coefficient (Wildman–Crippen LogP) is 2.02. The topological polar surface area (TPSA) is 23.6 Å². The van der Waals surface area contributed by atoms with Gasteiger partial charge < -0.3 is 4.90 Å². The van der Waals surface area contributed by atoms with E-state index in [0.29, 0.717) is 0 Å². The van der Waals surface area contributed by atoms with E-state index in [1.54, 1.807) is 0 Å². The highest BCUT2D eigenvalue weighted by Crippen LogP contribution is 2.09. The molecule has 0 N–H and O–H groups in total. The van der Waals surface area contributed by atoms with Gasteiger partial charge in [0.25, 0.3) is 5.91 Å². The van der Waals surface area contributed by atoms with Crippen molar-refractivity contribution < 1.29 is 4.79 Å². The smallest absolute Gasteiger partial charge is 0.253 e. The van der Waals surface area contributed by atoms with Crippen LogP contribution < -0.4 is 0 Å². The molecule has 1 aromatic rings. The van der Waals surface area contributed by atoms with Crippen molar-refractivity contribution in [3.63, 3.8) is 0 Å². The second-order valence-corrected chi connectivity index (χ2v) is 4.89. The van der Waals surface area contributed by atoms with Crippen LogP contribution in [0.4, 0.5) is 0 Å². The first-order chi connectivity index (χ1) is 8.66. The van der Waals surface area contributed by atoms with E-state index in [1.165, 1.54) is 5.57 Å². The van der Waals surface area contributed by atoms with Gasteiger partial charge in [0.05, 0.1) is 0 Å². The predicted molar refractivity (Wildman–Crippen MR) is 73.6 cm³/mol. The number of hydrogen-bond acceptors (Lipinski definition) is 2. The van der Waals surface area contributed by atoms with Crippen LogP contribution in [-0.2, 0) is 0 Å². The maximum atomic E-state index is 12.2. The average molecular weight is 244 g/mol. The highest BCUT2D eigenvalue weighted by Gasteiger charge is 2.21. The molecule has 0 radical (unpaired) electrons. The minimum absolute atomic E-state index is 0.144. The standard InChI is InChI=1S/C15H20N2O/c1-13(2)12-16-8-10-17(11-9-16)15(18)14-6-4-3-5-7-14/h3-7H,1,8-12H2,2H3. The van der Waals surface area contributed by atoms with E-state index in [9.17, 15) is 4.79 Å². The average Bonchev–Trinajstić information content (AvgIpc) is 2.39. The zero-order valence-corrected chi connectivity index (χ0v) is 10.9. The summed E-state index contributed by atoms with van der Waals surface area (Å²) in [6.45, 7) is 10.4. The molecule has 18 heavy (non-hydrogen) atoms. The molecule has 2 rings (SSSR count). The summed E-state index contributed by atoms with van der Waals surface area (Å²) in [6.07, 6.45) is 0. The van der Waals surface area contributed by atoms with Crippen LogP contribution >= 0.6 is 0 Å². The highest BCUT2D eigenvalue weighted by molar-refractivity contribution is 5.94. The first-order valence-corrected chi connectivity index (χ1v) is 6.38. The van der Waals surface area contributed by atoms with Gasteiger partial charge in [-0.3, -0.25) is 9.69 Å². The number of amides is 1. The Morgan fingerprint density at radius 3 is 2.33 bits per heavy atom. The summed E-state index contributed by atoms with van der Waals surface area (Å²) < 4.78 is 0. The fourth-order valence-corrected chi connectivity index (χ4v) is 2.25. The van der Waals surface area contributed by atoms with E-state index in [-0.39, 0.29) is 5.91 Å². The van der Waals surface area contributed by atoms with E-state index < -0.39 is 0 Å². The van der Waals surface area contributed by atoms with Crippen molar-refractivity contribution in [3.05, 3.63) is 48.0 Å². The molecule has 3 heteroatoms. The zero-order chi connectivity index (χ0) is 13.0. The van der Waals surface area contributed by atoms with Gasteiger partial charge in [0, 0.05) is 38.3 Å². The molecule has 0 bridgehead atoms. The van der Waals surface area contributed by atoms with Crippen molar-refractivity contribution in [1.82, 2.24) is 9.80 Å². The Morgan fingerprint density at radius 1 is 1.17 bits per heavy atom. The van der Waals surface area contributed by atoms with E-state index in [1.807, 2.05) is 42.2 Å². The molecule has 0 aliphatic carbocycles. The summed E-state index contributed by atoms with van der Waals surface area (Å²) in [4.78, 5) is 16.5. The van der Waals surface area contributed by atoms with E-state index in [4.69, 9.17) is 0 Å². The minimum Gasteiger partial charge on any atom is -0.336 e. The number of carbonyl (C=O) groups excluding carboxylic acids is 1. The van der Waals surface area contributed by atoms with Crippen LogP contribution in [0.25, 0.3) is 0 Å². The molecule has 1 heterocycles.